The molecule has 0 saturated heterocycles. The van der Waals surface area contributed by atoms with Crippen molar-refractivity contribution in [3.63, 3.8) is 0 Å². The van der Waals surface area contributed by atoms with Crippen LogP contribution in [0.5, 0.6) is 0 Å². The monoisotopic (exact) mass is 359 g/mol. The Hall–Kier alpha value is -3.36. The summed E-state index contributed by atoms with van der Waals surface area (Å²) >= 11 is 0. The van der Waals surface area contributed by atoms with E-state index in [1.807, 2.05) is 0 Å². The van der Waals surface area contributed by atoms with Crippen molar-refractivity contribution in [2.24, 2.45) is 0 Å². The molecule has 1 amide bonds. The van der Waals surface area contributed by atoms with Crippen LogP contribution in [-0.2, 0) is 17.8 Å². The van der Waals surface area contributed by atoms with E-state index in [-0.39, 0.29) is 24.4 Å². The number of aryl methyl sites for hydroxylation is 2. The van der Waals surface area contributed by atoms with Crippen molar-refractivity contribution >= 4 is 11.9 Å². The van der Waals surface area contributed by atoms with Crippen LogP contribution in [0.1, 0.15) is 34.2 Å². The summed E-state index contributed by atoms with van der Waals surface area (Å²) < 4.78 is 15.5. The van der Waals surface area contributed by atoms with E-state index in [0.29, 0.717) is 35.2 Å². The average Bonchev–Trinajstić information content (AvgIpc) is 3.32. The highest BCUT2D eigenvalue weighted by Crippen LogP contribution is 2.18. The Labute approximate surface area is 148 Å². The van der Waals surface area contributed by atoms with E-state index < -0.39 is 5.97 Å². The molecule has 0 fully saturated rings. The van der Waals surface area contributed by atoms with E-state index in [0.717, 1.165) is 0 Å². The van der Waals surface area contributed by atoms with E-state index in [9.17, 15) is 9.59 Å². The van der Waals surface area contributed by atoms with Crippen LogP contribution in [0, 0.1) is 6.92 Å². The standard InChI is InChI=1S/C17H17N3O6/c1-10-13(17(22)23)7-12(25-10)8-20(2)15(21)4-3-14-18-16(19-26-14)11-5-6-24-9-11/h5-7,9H,3-4,8H2,1-2H3,(H,22,23). The number of carboxylic acid groups (broad SMARTS) is 1. The second-order valence-electron chi connectivity index (χ2n) is 5.76. The molecule has 0 aliphatic carbocycles. The van der Waals surface area contributed by atoms with Crippen molar-refractivity contribution in [3.8, 4) is 11.4 Å². The van der Waals surface area contributed by atoms with Crippen LogP contribution < -0.4 is 0 Å². The van der Waals surface area contributed by atoms with Crippen LogP contribution in [0.3, 0.4) is 0 Å². The molecule has 3 aromatic rings. The summed E-state index contributed by atoms with van der Waals surface area (Å²) in [5, 5.41) is 12.9. The first-order valence-corrected chi connectivity index (χ1v) is 7.85. The van der Waals surface area contributed by atoms with Gasteiger partial charge in [0.1, 0.15) is 23.3 Å². The molecule has 1 N–H and O–H groups in total. The average molecular weight is 359 g/mol. The van der Waals surface area contributed by atoms with E-state index in [2.05, 4.69) is 10.1 Å². The smallest absolute Gasteiger partial charge is 0.339 e. The van der Waals surface area contributed by atoms with Gasteiger partial charge >= 0.3 is 5.97 Å². The lowest BCUT2D eigenvalue weighted by molar-refractivity contribution is -0.130. The van der Waals surface area contributed by atoms with Gasteiger partial charge in [0.25, 0.3) is 0 Å². The first-order chi connectivity index (χ1) is 12.4. The molecular formula is C17H17N3O6. The van der Waals surface area contributed by atoms with Gasteiger partial charge in [0, 0.05) is 19.9 Å². The zero-order valence-corrected chi connectivity index (χ0v) is 14.3. The minimum atomic E-state index is -1.06. The number of rotatable bonds is 7. The highest BCUT2D eigenvalue weighted by Gasteiger charge is 2.18. The quantitative estimate of drug-likeness (QED) is 0.682. The van der Waals surface area contributed by atoms with Crippen LogP contribution in [0.25, 0.3) is 11.4 Å². The molecule has 136 valence electrons. The lowest BCUT2D eigenvalue weighted by Crippen LogP contribution is -2.26. The first-order valence-electron chi connectivity index (χ1n) is 7.85. The Morgan fingerprint density at radius 2 is 2.15 bits per heavy atom. The molecule has 3 heterocycles. The van der Waals surface area contributed by atoms with Gasteiger partial charge in [-0.05, 0) is 19.1 Å². The van der Waals surface area contributed by atoms with Crippen molar-refractivity contribution in [2.75, 3.05) is 7.05 Å². The van der Waals surface area contributed by atoms with Gasteiger partial charge in [-0.2, -0.15) is 4.98 Å². The van der Waals surface area contributed by atoms with E-state index in [1.165, 1.54) is 23.5 Å². The number of furan rings is 2. The third-order valence-electron chi connectivity index (χ3n) is 3.82. The van der Waals surface area contributed by atoms with Gasteiger partial charge < -0.3 is 23.4 Å². The van der Waals surface area contributed by atoms with Gasteiger partial charge in [-0.15, -0.1) is 0 Å². The summed E-state index contributed by atoms with van der Waals surface area (Å²) in [5.41, 5.74) is 0.796. The molecule has 0 bridgehead atoms. The number of carboxylic acids is 1. The second-order valence-corrected chi connectivity index (χ2v) is 5.76. The number of nitrogens with zero attached hydrogens (tertiary/aromatic N) is 3. The van der Waals surface area contributed by atoms with E-state index in [1.54, 1.807) is 20.0 Å². The third-order valence-corrected chi connectivity index (χ3v) is 3.82. The first kappa shape index (κ1) is 17.5. The minimum Gasteiger partial charge on any atom is -0.478 e. The van der Waals surface area contributed by atoms with Crippen LogP contribution >= 0.6 is 0 Å². The van der Waals surface area contributed by atoms with Gasteiger partial charge in [-0.1, -0.05) is 5.16 Å². The summed E-state index contributed by atoms with van der Waals surface area (Å²) in [7, 11) is 1.62. The highest BCUT2D eigenvalue weighted by atomic mass is 16.5. The van der Waals surface area contributed by atoms with Gasteiger partial charge in [0.15, 0.2) is 0 Å². The summed E-state index contributed by atoms with van der Waals surface area (Å²) in [6, 6.07) is 3.14. The van der Waals surface area contributed by atoms with Crippen LogP contribution in [0.4, 0.5) is 0 Å². The zero-order chi connectivity index (χ0) is 18.7. The third kappa shape index (κ3) is 3.82. The number of amides is 1. The normalized spacial score (nSPS) is 10.8. The molecule has 3 rings (SSSR count). The predicted molar refractivity (Wildman–Crippen MR) is 87.2 cm³/mol. The maximum Gasteiger partial charge on any atom is 0.339 e. The van der Waals surface area contributed by atoms with Crippen molar-refractivity contribution in [2.45, 2.75) is 26.3 Å². The fourth-order valence-electron chi connectivity index (χ4n) is 2.43. The van der Waals surface area contributed by atoms with Gasteiger partial charge in [0.2, 0.25) is 17.6 Å². The lowest BCUT2D eigenvalue weighted by Gasteiger charge is -2.14. The summed E-state index contributed by atoms with van der Waals surface area (Å²) in [6.45, 7) is 1.75. The van der Waals surface area contributed by atoms with Crippen molar-refractivity contribution in [1.29, 1.82) is 0 Å². The zero-order valence-electron chi connectivity index (χ0n) is 14.3. The molecule has 0 unspecified atom stereocenters. The topological polar surface area (TPSA) is 123 Å². The Kier molecular flexibility index (Phi) is 4.87. The molecule has 0 saturated carbocycles. The molecule has 9 heteroatoms. The lowest BCUT2D eigenvalue weighted by atomic mass is 10.2. The number of hydrogen-bond donors (Lipinski definition) is 1. The number of hydrogen-bond acceptors (Lipinski definition) is 7. The number of aromatic carboxylic acids is 1. The van der Waals surface area contributed by atoms with Crippen LogP contribution in [0.2, 0.25) is 0 Å². The Bertz CT molecular complexity index is 909. The van der Waals surface area contributed by atoms with Crippen molar-refractivity contribution in [1.82, 2.24) is 15.0 Å². The molecular weight excluding hydrogens is 342 g/mol. The molecule has 0 aliphatic heterocycles. The maximum atomic E-state index is 12.2. The summed E-state index contributed by atoms with van der Waals surface area (Å²) in [4.78, 5) is 28.9. The molecule has 26 heavy (non-hydrogen) atoms. The van der Waals surface area contributed by atoms with E-state index in [4.69, 9.17) is 18.5 Å². The maximum absolute atomic E-state index is 12.2. The Morgan fingerprint density at radius 3 is 2.81 bits per heavy atom. The van der Waals surface area contributed by atoms with Crippen LogP contribution in [-0.4, -0.2) is 39.1 Å². The van der Waals surface area contributed by atoms with E-state index >= 15 is 0 Å². The number of carbonyl (C=O) groups excluding carboxylic acids is 1. The molecule has 0 atom stereocenters. The molecule has 0 aliphatic rings. The molecule has 0 spiro atoms. The minimum absolute atomic E-state index is 0.0958. The Balaban J connectivity index is 1.54. The highest BCUT2D eigenvalue weighted by molar-refractivity contribution is 5.88. The van der Waals surface area contributed by atoms with Gasteiger partial charge in [0.05, 0.1) is 18.4 Å². The predicted octanol–water partition coefficient (Wildman–Crippen LogP) is 2.52. The summed E-state index contributed by atoms with van der Waals surface area (Å²) in [6.07, 6.45) is 3.49. The molecule has 3 aromatic heterocycles. The second kappa shape index (κ2) is 7.26. The van der Waals surface area contributed by atoms with Gasteiger partial charge in [-0.25, -0.2) is 4.79 Å². The van der Waals surface area contributed by atoms with Crippen molar-refractivity contribution in [3.05, 3.63) is 47.6 Å². The molecule has 0 aromatic carbocycles. The SMILES string of the molecule is Cc1oc(CN(C)C(=O)CCc2nc(-c3ccoc3)no2)cc1C(=O)O. The largest absolute Gasteiger partial charge is 0.478 e. The van der Waals surface area contributed by atoms with Crippen LogP contribution in [0.15, 0.2) is 38.0 Å². The Morgan fingerprint density at radius 1 is 1.35 bits per heavy atom. The summed E-state index contributed by atoms with van der Waals surface area (Å²) in [5.74, 6) is 0.267. The molecule has 9 nitrogen and oxygen atoms in total. The number of aromatic nitrogens is 2. The fraction of sp³-hybridized carbons (Fsp3) is 0.294. The fourth-order valence-corrected chi connectivity index (χ4v) is 2.43. The van der Waals surface area contributed by atoms with Crippen molar-refractivity contribution < 1.29 is 28.1 Å². The number of carbonyl (C=O) groups is 2. The molecule has 0 radical (unpaired) electrons. The van der Waals surface area contributed by atoms with Gasteiger partial charge in [-0.3, -0.25) is 4.79 Å².